The minimum absolute atomic E-state index is 0.0272. The van der Waals surface area contributed by atoms with E-state index in [-0.39, 0.29) is 11.8 Å². The number of hydrogen-bond acceptors (Lipinski definition) is 2. The van der Waals surface area contributed by atoms with Crippen LogP contribution < -0.4 is 5.32 Å². The van der Waals surface area contributed by atoms with Crippen molar-refractivity contribution in [2.45, 2.75) is 19.4 Å². The van der Waals surface area contributed by atoms with Crippen molar-refractivity contribution < 1.29 is 9.18 Å². The van der Waals surface area contributed by atoms with Gasteiger partial charge in [0.15, 0.2) is 0 Å². The van der Waals surface area contributed by atoms with E-state index in [0.717, 1.165) is 42.8 Å². The summed E-state index contributed by atoms with van der Waals surface area (Å²) in [5.41, 5.74) is 2.54. The summed E-state index contributed by atoms with van der Waals surface area (Å²) in [5, 5.41) is 9.98. The molecular formula is C19H21FN4O. The number of amides is 2. The number of carbonyl (C=O) groups is 1. The Hall–Kier alpha value is -2.63. The standard InChI is InChI=1S/C19H21FN4O/c20-17-7-5-13(6-8-17)18-16(10-22-23-18)9-21-19(25)24-11-14-3-1-2-4-15(14)12-24/h1-2,5-8,10,14-15H,3-4,9,11-12H2,(H,21,25)(H,22,23). The Morgan fingerprint density at radius 3 is 2.56 bits per heavy atom. The number of likely N-dealkylation sites (tertiary alicyclic amines) is 1. The second-order valence-electron chi connectivity index (χ2n) is 6.80. The number of benzene rings is 1. The number of aromatic nitrogens is 2. The molecule has 2 atom stereocenters. The second kappa shape index (κ2) is 6.70. The number of rotatable bonds is 3. The van der Waals surface area contributed by atoms with Gasteiger partial charge in [-0.1, -0.05) is 12.2 Å². The van der Waals surface area contributed by atoms with Crippen LogP contribution in [0.2, 0.25) is 0 Å². The monoisotopic (exact) mass is 340 g/mol. The topological polar surface area (TPSA) is 61.0 Å². The molecular weight excluding hydrogens is 319 g/mol. The van der Waals surface area contributed by atoms with Gasteiger partial charge in [-0.25, -0.2) is 9.18 Å². The zero-order chi connectivity index (χ0) is 17.2. The van der Waals surface area contributed by atoms with Crippen molar-refractivity contribution in [3.63, 3.8) is 0 Å². The lowest BCUT2D eigenvalue weighted by Gasteiger charge is -2.17. The SMILES string of the molecule is O=C(NCc1cn[nH]c1-c1ccc(F)cc1)N1CC2CC=CCC2C1. The average Bonchev–Trinajstić information content (AvgIpc) is 3.27. The minimum atomic E-state index is -0.275. The minimum Gasteiger partial charge on any atom is -0.334 e. The molecule has 4 rings (SSSR count). The van der Waals surface area contributed by atoms with Gasteiger partial charge < -0.3 is 10.2 Å². The summed E-state index contributed by atoms with van der Waals surface area (Å²) in [5.74, 6) is 0.919. The normalized spacial score (nSPS) is 22.0. The van der Waals surface area contributed by atoms with Gasteiger partial charge in [0.05, 0.1) is 11.9 Å². The van der Waals surface area contributed by atoms with Gasteiger partial charge in [-0.05, 0) is 48.9 Å². The van der Waals surface area contributed by atoms with Crippen LogP contribution >= 0.6 is 0 Å². The molecule has 2 unspecified atom stereocenters. The predicted molar refractivity (Wildman–Crippen MR) is 93.1 cm³/mol. The summed E-state index contributed by atoms with van der Waals surface area (Å²) in [6.45, 7) is 2.06. The van der Waals surface area contributed by atoms with Gasteiger partial charge in [-0.2, -0.15) is 5.10 Å². The average molecular weight is 340 g/mol. The molecule has 0 bridgehead atoms. The summed E-state index contributed by atoms with van der Waals surface area (Å²) >= 11 is 0. The van der Waals surface area contributed by atoms with E-state index in [9.17, 15) is 9.18 Å². The van der Waals surface area contributed by atoms with Crippen LogP contribution in [0.4, 0.5) is 9.18 Å². The Bertz CT molecular complexity index is 767. The summed E-state index contributed by atoms with van der Waals surface area (Å²) in [7, 11) is 0. The number of aromatic amines is 1. The van der Waals surface area contributed by atoms with E-state index in [1.807, 2.05) is 4.90 Å². The van der Waals surface area contributed by atoms with Gasteiger partial charge >= 0.3 is 6.03 Å². The highest BCUT2D eigenvalue weighted by atomic mass is 19.1. The van der Waals surface area contributed by atoms with Crippen LogP contribution in [0.25, 0.3) is 11.3 Å². The molecule has 130 valence electrons. The predicted octanol–water partition coefficient (Wildman–Crippen LogP) is 3.32. The maximum absolute atomic E-state index is 13.1. The molecule has 6 heteroatoms. The molecule has 0 saturated carbocycles. The number of H-pyrrole nitrogens is 1. The molecule has 1 fully saturated rings. The summed E-state index contributed by atoms with van der Waals surface area (Å²) in [6.07, 6.45) is 8.30. The lowest BCUT2D eigenvalue weighted by atomic mass is 9.86. The molecule has 1 aromatic heterocycles. The van der Waals surface area contributed by atoms with Crippen molar-refractivity contribution in [2.24, 2.45) is 11.8 Å². The van der Waals surface area contributed by atoms with E-state index in [4.69, 9.17) is 0 Å². The highest BCUT2D eigenvalue weighted by Gasteiger charge is 2.34. The van der Waals surface area contributed by atoms with Crippen LogP contribution in [-0.2, 0) is 6.54 Å². The maximum Gasteiger partial charge on any atom is 0.317 e. The van der Waals surface area contributed by atoms with Crippen LogP contribution in [-0.4, -0.2) is 34.2 Å². The Balaban J connectivity index is 1.38. The number of nitrogens with zero attached hydrogens (tertiary/aromatic N) is 2. The smallest absolute Gasteiger partial charge is 0.317 e. The molecule has 1 saturated heterocycles. The third-order valence-electron chi connectivity index (χ3n) is 5.19. The molecule has 2 amide bonds. The fourth-order valence-electron chi connectivity index (χ4n) is 3.77. The van der Waals surface area contributed by atoms with E-state index in [0.29, 0.717) is 18.4 Å². The number of hydrogen-bond donors (Lipinski definition) is 2. The van der Waals surface area contributed by atoms with Crippen LogP contribution in [0.5, 0.6) is 0 Å². The summed E-state index contributed by atoms with van der Waals surface area (Å²) < 4.78 is 13.1. The molecule has 1 aromatic carbocycles. The fraction of sp³-hybridized carbons (Fsp3) is 0.368. The molecule has 2 aliphatic rings. The van der Waals surface area contributed by atoms with Crippen molar-refractivity contribution in [1.82, 2.24) is 20.4 Å². The molecule has 2 heterocycles. The third-order valence-corrected chi connectivity index (χ3v) is 5.19. The lowest BCUT2D eigenvalue weighted by molar-refractivity contribution is 0.206. The molecule has 5 nitrogen and oxygen atoms in total. The lowest BCUT2D eigenvalue weighted by Crippen LogP contribution is -2.38. The molecule has 1 aliphatic heterocycles. The first-order valence-corrected chi connectivity index (χ1v) is 8.66. The van der Waals surface area contributed by atoms with Gasteiger partial charge in [-0.15, -0.1) is 0 Å². The molecule has 1 aliphatic carbocycles. The van der Waals surface area contributed by atoms with E-state index in [2.05, 4.69) is 27.7 Å². The van der Waals surface area contributed by atoms with Gasteiger partial charge in [-0.3, -0.25) is 5.10 Å². The Kier molecular flexibility index (Phi) is 4.26. The number of allylic oxidation sites excluding steroid dienone is 2. The van der Waals surface area contributed by atoms with Crippen molar-refractivity contribution in [1.29, 1.82) is 0 Å². The Morgan fingerprint density at radius 2 is 1.88 bits per heavy atom. The van der Waals surface area contributed by atoms with E-state index < -0.39 is 0 Å². The van der Waals surface area contributed by atoms with Gasteiger partial charge in [0.1, 0.15) is 5.82 Å². The molecule has 25 heavy (non-hydrogen) atoms. The largest absolute Gasteiger partial charge is 0.334 e. The summed E-state index contributed by atoms with van der Waals surface area (Å²) in [6, 6.07) is 6.20. The summed E-state index contributed by atoms with van der Waals surface area (Å²) in [4.78, 5) is 14.4. The Labute approximate surface area is 145 Å². The highest BCUT2D eigenvalue weighted by Crippen LogP contribution is 2.32. The molecule has 0 radical (unpaired) electrons. The highest BCUT2D eigenvalue weighted by molar-refractivity contribution is 5.75. The maximum atomic E-state index is 13.1. The zero-order valence-electron chi connectivity index (χ0n) is 13.9. The van der Waals surface area contributed by atoms with Gasteiger partial charge in [0.25, 0.3) is 0 Å². The van der Waals surface area contributed by atoms with Crippen molar-refractivity contribution in [3.05, 3.63) is 54.0 Å². The number of urea groups is 1. The molecule has 0 spiro atoms. The first kappa shape index (κ1) is 15.9. The van der Waals surface area contributed by atoms with Crippen LogP contribution in [0.3, 0.4) is 0 Å². The van der Waals surface area contributed by atoms with Gasteiger partial charge in [0.2, 0.25) is 0 Å². The van der Waals surface area contributed by atoms with Crippen molar-refractivity contribution in [3.8, 4) is 11.3 Å². The quantitative estimate of drug-likeness (QED) is 0.842. The fourth-order valence-corrected chi connectivity index (χ4v) is 3.77. The van der Waals surface area contributed by atoms with E-state index in [1.54, 1.807) is 18.3 Å². The first-order chi connectivity index (χ1) is 12.2. The van der Waals surface area contributed by atoms with Crippen molar-refractivity contribution in [2.75, 3.05) is 13.1 Å². The second-order valence-corrected chi connectivity index (χ2v) is 6.80. The van der Waals surface area contributed by atoms with E-state index >= 15 is 0 Å². The van der Waals surface area contributed by atoms with Crippen LogP contribution in [0, 0.1) is 17.7 Å². The number of nitrogens with one attached hydrogen (secondary N) is 2. The number of halogens is 1. The number of carbonyl (C=O) groups excluding carboxylic acids is 1. The van der Waals surface area contributed by atoms with Gasteiger partial charge in [0, 0.05) is 30.8 Å². The third kappa shape index (κ3) is 3.29. The molecule has 2 N–H and O–H groups in total. The van der Waals surface area contributed by atoms with Crippen molar-refractivity contribution >= 4 is 6.03 Å². The van der Waals surface area contributed by atoms with Crippen LogP contribution in [0.15, 0.2) is 42.6 Å². The zero-order valence-corrected chi connectivity index (χ0v) is 13.9. The molecule has 2 aromatic rings. The van der Waals surface area contributed by atoms with E-state index in [1.165, 1.54) is 12.1 Å². The number of fused-ring (bicyclic) bond motifs is 1. The van der Waals surface area contributed by atoms with Crippen LogP contribution in [0.1, 0.15) is 18.4 Å². The Morgan fingerprint density at radius 1 is 1.20 bits per heavy atom. The first-order valence-electron chi connectivity index (χ1n) is 8.66.